The molecule has 0 radical (unpaired) electrons. The van der Waals surface area contributed by atoms with E-state index >= 15 is 0 Å². The van der Waals surface area contributed by atoms with Crippen molar-refractivity contribution in [3.8, 4) is 0 Å². The summed E-state index contributed by atoms with van der Waals surface area (Å²) in [5.41, 5.74) is 0.917. The van der Waals surface area contributed by atoms with Crippen molar-refractivity contribution in [3.63, 3.8) is 0 Å². The lowest BCUT2D eigenvalue weighted by molar-refractivity contribution is -0.147. The van der Waals surface area contributed by atoms with Gasteiger partial charge in [0.2, 0.25) is 10.0 Å². The molecule has 28 heavy (non-hydrogen) atoms. The van der Waals surface area contributed by atoms with Gasteiger partial charge in [-0.25, -0.2) is 8.42 Å². The third kappa shape index (κ3) is 4.88. The molecular weight excluding hydrogens is 382 g/mol. The number of methoxy groups -OCH3 is 1. The monoisotopic (exact) mass is 407 g/mol. The average Bonchev–Trinajstić information content (AvgIpc) is 2.66. The largest absolute Gasteiger partial charge is 0.468 e. The lowest BCUT2D eigenvalue weighted by Crippen LogP contribution is -2.52. The molecule has 0 bridgehead atoms. The highest BCUT2D eigenvalue weighted by Gasteiger charge is 2.42. The van der Waals surface area contributed by atoms with Crippen LogP contribution in [0.15, 0.2) is 54.0 Å². The number of sulfonamides is 1. The van der Waals surface area contributed by atoms with E-state index in [1.54, 1.807) is 24.3 Å². The number of benzene rings is 1. The Kier molecular flexibility index (Phi) is 7.15. The maximum absolute atomic E-state index is 13.4. The molecule has 1 aromatic carbocycles. The van der Waals surface area contributed by atoms with Crippen LogP contribution in [-0.4, -0.2) is 50.0 Å². The molecule has 2 rings (SSSR count). The number of hydrogen-bond acceptors (Lipinski definition) is 6. The summed E-state index contributed by atoms with van der Waals surface area (Å²) in [6.45, 7) is 6.77. The van der Waals surface area contributed by atoms with Gasteiger partial charge >= 0.3 is 11.9 Å². The molecule has 1 aliphatic heterocycles. The van der Waals surface area contributed by atoms with Gasteiger partial charge in [0.05, 0.1) is 12.0 Å². The Balaban J connectivity index is 2.47. The molecule has 1 aromatic rings. The molecule has 1 heterocycles. The van der Waals surface area contributed by atoms with E-state index in [9.17, 15) is 18.0 Å². The minimum Gasteiger partial charge on any atom is -0.468 e. The van der Waals surface area contributed by atoms with Crippen LogP contribution in [0.5, 0.6) is 0 Å². The number of esters is 2. The zero-order valence-electron chi connectivity index (χ0n) is 16.2. The van der Waals surface area contributed by atoms with Crippen LogP contribution in [0.25, 0.3) is 0 Å². The maximum atomic E-state index is 13.4. The highest BCUT2D eigenvalue weighted by molar-refractivity contribution is 7.89. The predicted octanol–water partition coefficient (Wildman–Crippen LogP) is 2.36. The maximum Gasteiger partial charge on any atom is 0.324 e. The van der Waals surface area contributed by atoms with Crippen LogP contribution in [0.3, 0.4) is 0 Å². The molecule has 3 atom stereocenters. The number of rotatable bonds is 7. The number of nitrogens with zero attached hydrogens (tertiary/aromatic N) is 1. The van der Waals surface area contributed by atoms with Gasteiger partial charge in [-0.2, -0.15) is 4.31 Å². The van der Waals surface area contributed by atoms with E-state index in [2.05, 4.69) is 6.58 Å². The molecule has 152 valence electrons. The zero-order valence-corrected chi connectivity index (χ0v) is 17.0. The third-order valence-electron chi connectivity index (χ3n) is 4.48. The fourth-order valence-electron chi connectivity index (χ4n) is 3.12. The second kappa shape index (κ2) is 9.16. The fourth-order valence-corrected chi connectivity index (χ4v) is 4.87. The average molecular weight is 407 g/mol. The second-order valence-corrected chi connectivity index (χ2v) is 8.38. The van der Waals surface area contributed by atoms with Gasteiger partial charge in [0.1, 0.15) is 12.1 Å². The van der Waals surface area contributed by atoms with Crippen molar-refractivity contribution in [1.82, 2.24) is 4.31 Å². The lowest BCUT2D eigenvalue weighted by atomic mass is 10.0. The molecule has 0 aromatic heterocycles. The Hall–Kier alpha value is -2.45. The van der Waals surface area contributed by atoms with Gasteiger partial charge in [0.25, 0.3) is 0 Å². The molecule has 0 aliphatic carbocycles. The van der Waals surface area contributed by atoms with Crippen LogP contribution in [0.2, 0.25) is 0 Å². The lowest BCUT2D eigenvalue weighted by Gasteiger charge is -2.37. The van der Waals surface area contributed by atoms with Gasteiger partial charge in [-0.1, -0.05) is 42.5 Å². The van der Waals surface area contributed by atoms with E-state index < -0.39 is 40.1 Å². The van der Waals surface area contributed by atoms with E-state index in [1.165, 1.54) is 32.2 Å². The summed E-state index contributed by atoms with van der Waals surface area (Å²) in [5.74, 6) is -1.14. The molecule has 1 aliphatic rings. The van der Waals surface area contributed by atoms with E-state index in [-0.39, 0.29) is 17.7 Å². The van der Waals surface area contributed by atoms with E-state index in [0.717, 1.165) is 9.87 Å². The Labute approximate surface area is 165 Å². The number of carbonyl (C=O) groups is 2. The molecule has 0 saturated heterocycles. The van der Waals surface area contributed by atoms with Gasteiger partial charge < -0.3 is 9.47 Å². The highest BCUT2D eigenvalue weighted by Crippen LogP contribution is 2.30. The Bertz CT molecular complexity index is 859. The summed E-state index contributed by atoms with van der Waals surface area (Å²) in [4.78, 5) is 23.7. The highest BCUT2D eigenvalue weighted by atomic mass is 32.2. The summed E-state index contributed by atoms with van der Waals surface area (Å²) >= 11 is 0. The van der Waals surface area contributed by atoms with Crippen molar-refractivity contribution in [3.05, 3.63) is 54.6 Å². The Morgan fingerprint density at radius 1 is 1.32 bits per heavy atom. The van der Waals surface area contributed by atoms with Gasteiger partial charge in [-0.15, -0.1) is 0 Å². The van der Waals surface area contributed by atoms with E-state index in [0.29, 0.717) is 0 Å². The molecule has 0 amide bonds. The van der Waals surface area contributed by atoms with Crippen LogP contribution in [0, 0.1) is 6.92 Å². The van der Waals surface area contributed by atoms with Crippen molar-refractivity contribution >= 4 is 22.0 Å². The quantitative estimate of drug-likeness (QED) is 0.509. The molecule has 0 fully saturated rings. The smallest absolute Gasteiger partial charge is 0.324 e. The van der Waals surface area contributed by atoms with Gasteiger partial charge in [0, 0.05) is 19.4 Å². The Morgan fingerprint density at radius 3 is 2.50 bits per heavy atom. The second-order valence-electron chi connectivity index (χ2n) is 6.54. The van der Waals surface area contributed by atoms with Crippen molar-refractivity contribution in [2.24, 2.45) is 0 Å². The summed E-state index contributed by atoms with van der Waals surface area (Å²) < 4.78 is 37.9. The van der Waals surface area contributed by atoms with Gasteiger partial charge in [-0.3, -0.25) is 9.59 Å². The minimum atomic E-state index is -4.01. The molecule has 8 heteroatoms. The van der Waals surface area contributed by atoms with Gasteiger partial charge in [-0.05, 0) is 25.5 Å². The SMILES string of the molecule is C=C[C@@H](C[C@@H]1C=CC[C@H](C(=O)OC)N1S(=O)(=O)c1ccc(C)cc1)OC(C)=O. The van der Waals surface area contributed by atoms with Crippen molar-refractivity contribution in [2.45, 2.75) is 49.8 Å². The minimum absolute atomic E-state index is 0.0787. The van der Waals surface area contributed by atoms with Crippen LogP contribution in [0.4, 0.5) is 0 Å². The van der Waals surface area contributed by atoms with Crippen LogP contribution in [0.1, 0.15) is 25.3 Å². The summed E-state index contributed by atoms with van der Waals surface area (Å²) in [6.07, 6.45) is 4.51. The van der Waals surface area contributed by atoms with Crippen molar-refractivity contribution < 1.29 is 27.5 Å². The fraction of sp³-hybridized carbons (Fsp3) is 0.400. The normalized spacial score (nSPS) is 21.0. The standard InChI is InChI=1S/C20H25NO6S/c1-5-17(27-15(3)22)13-16-7-6-8-19(20(23)26-4)21(16)28(24,25)18-11-9-14(2)10-12-18/h5-7,9-12,16-17,19H,1,8,13H2,2-4H3/t16-,17-,19+/m0/s1. The van der Waals surface area contributed by atoms with Crippen LogP contribution < -0.4 is 0 Å². The number of carbonyl (C=O) groups excluding carboxylic acids is 2. The first-order valence-corrected chi connectivity index (χ1v) is 10.3. The van der Waals surface area contributed by atoms with Crippen molar-refractivity contribution in [2.75, 3.05) is 7.11 Å². The molecule has 0 N–H and O–H groups in total. The summed E-state index contributed by atoms with van der Waals surface area (Å²) in [6, 6.07) is 4.69. The molecular formula is C20H25NO6S. The van der Waals surface area contributed by atoms with E-state index in [4.69, 9.17) is 9.47 Å². The molecule has 0 spiro atoms. The van der Waals surface area contributed by atoms with Crippen LogP contribution in [-0.2, 0) is 29.1 Å². The summed E-state index contributed by atoms with van der Waals surface area (Å²) in [5, 5.41) is 0. The Morgan fingerprint density at radius 2 is 1.96 bits per heavy atom. The topological polar surface area (TPSA) is 90.0 Å². The van der Waals surface area contributed by atoms with Crippen LogP contribution >= 0.6 is 0 Å². The van der Waals surface area contributed by atoms with Gasteiger partial charge in [0.15, 0.2) is 0 Å². The molecule has 0 saturated carbocycles. The number of aryl methyl sites for hydroxylation is 1. The first-order chi connectivity index (χ1) is 13.2. The predicted molar refractivity (Wildman–Crippen MR) is 104 cm³/mol. The van der Waals surface area contributed by atoms with E-state index in [1.807, 2.05) is 6.92 Å². The first-order valence-electron chi connectivity index (χ1n) is 8.85. The molecule has 0 unspecified atom stereocenters. The zero-order chi connectivity index (χ0) is 20.9. The number of hydrogen-bond donors (Lipinski definition) is 0. The van der Waals surface area contributed by atoms with Crippen molar-refractivity contribution in [1.29, 1.82) is 0 Å². The summed E-state index contributed by atoms with van der Waals surface area (Å²) in [7, 11) is -2.79. The number of ether oxygens (including phenoxy) is 2. The first kappa shape index (κ1) is 21.8. The molecule has 7 nitrogen and oxygen atoms in total. The third-order valence-corrected chi connectivity index (χ3v) is 6.42.